The first kappa shape index (κ1) is 16.9. The van der Waals surface area contributed by atoms with Gasteiger partial charge in [-0.2, -0.15) is 15.0 Å². The maximum absolute atomic E-state index is 9.12. The molecule has 0 unspecified atom stereocenters. The topological polar surface area (TPSA) is 112 Å². The number of rotatable bonds is 7. The highest BCUT2D eigenvalue weighted by Gasteiger charge is 2.10. The van der Waals surface area contributed by atoms with Crippen molar-refractivity contribution >= 4 is 17.6 Å². The molecule has 0 saturated heterocycles. The van der Waals surface area contributed by atoms with Crippen molar-refractivity contribution in [3.8, 4) is 5.75 Å². The van der Waals surface area contributed by atoms with Gasteiger partial charge in [0.1, 0.15) is 11.6 Å². The van der Waals surface area contributed by atoms with E-state index in [1.165, 1.54) is 0 Å². The van der Waals surface area contributed by atoms with Crippen LogP contribution >= 0.6 is 0 Å². The van der Waals surface area contributed by atoms with Gasteiger partial charge in [0.25, 0.3) is 0 Å². The third-order valence-corrected chi connectivity index (χ3v) is 3.17. The summed E-state index contributed by atoms with van der Waals surface area (Å²) < 4.78 is 5.23. The van der Waals surface area contributed by atoms with Crippen LogP contribution in [-0.4, -0.2) is 51.5 Å². The van der Waals surface area contributed by atoms with E-state index >= 15 is 0 Å². The Morgan fingerprint density at radius 2 is 1.78 bits per heavy atom. The maximum Gasteiger partial charge on any atom is 0.232 e. The van der Waals surface area contributed by atoms with Crippen LogP contribution in [0.15, 0.2) is 18.2 Å². The number of nitrogens with one attached hydrogen (secondary N) is 2. The maximum atomic E-state index is 9.12. The fraction of sp³-hybridized carbons (Fsp3) is 0.400. The quantitative estimate of drug-likeness (QED) is 0.598. The van der Waals surface area contributed by atoms with E-state index in [2.05, 4.69) is 25.6 Å². The SMILES string of the molecule is COc1ccc(Nc2nc(C)nc(NC(CO)CO)n2)cc1C. The van der Waals surface area contributed by atoms with Crippen LogP contribution < -0.4 is 15.4 Å². The van der Waals surface area contributed by atoms with E-state index in [1.807, 2.05) is 25.1 Å². The lowest BCUT2D eigenvalue weighted by molar-refractivity contribution is 0.203. The first-order valence-electron chi connectivity index (χ1n) is 7.18. The average molecular weight is 319 g/mol. The Balaban J connectivity index is 2.19. The molecule has 8 heteroatoms. The normalized spacial score (nSPS) is 10.7. The highest BCUT2D eigenvalue weighted by Crippen LogP contribution is 2.23. The number of nitrogens with zero attached hydrogens (tertiary/aromatic N) is 3. The summed E-state index contributed by atoms with van der Waals surface area (Å²) >= 11 is 0. The lowest BCUT2D eigenvalue weighted by Gasteiger charge is -2.14. The van der Waals surface area contributed by atoms with E-state index in [9.17, 15) is 0 Å². The van der Waals surface area contributed by atoms with Crippen molar-refractivity contribution in [2.45, 2.75) is 19.9 Å². The number of aryl methyl sites for hydroxylation is 2. The fourth-order valence-corrected chi connectivity index (χ4v) is 2.02. The molecule has 0 bridgehead atoms. The van der Waals surface area contributed by atoms with Crippen LogP contribution in [0.1, 0.15) is 11.4 Å². The summed E-state index contributed by atoms with van der Waals surface area (Å²) in [5.74, 6) is 1.99. The second kappa shape index (κ2) is 7.70. The Hall–Kier alpha value is -2.45. The Bertz CT molecular complexity index is 662. The Kier molecular flexibility index (Phi) is 5.67. The summed E-state index contributed by atoms with van der Waals surface area (Å²) in [6.07, 6.45) is 0. The number of anilines is 3. The standard InChI is InChI=1S/C15H21N5O3/c1-9-6-11(4-5-13(9)23-3)18-14-16-10(2)17-15(20-14)19-12(7-21)8-22/h4-6,12,21-22H,7-8H2,1-3H3,(H2,16,17,18,19,20). The minimum absolute atomic E-state index is 0.221. The molecular formula is C15H21N5O3. The monoisotopic (exact) mass is 319 g/mol. The van der Waals surface area contributed by atoms with Gasteiger partial charge in [0, 0.05) is 5.69 Å². The number of aromatic nitrogens is 3. The van der Waals surface area contributed by atoms with Gasteiger partial charge < -0.3 is 25.6 Å². The van der Waals surface area contributed by atoms with E-state index < -0.39 is 6.04 Å². The van der Waals surface area contributed by atoms with Crippen LogP contribution in [0.4, 0.5) is 17.6 Å². The van der Waals surface area contributed by atoms with Gasteiger partial charge in [0.2, 0.25) is 11.9 Å². The van der Waals surface area contributed by atoms with Gasteiger partial charge >= 0.3 is 0 Å². The molecule has 4 N–H and O–H groups in total. The summed E-state index contributed by atoms with van der Waals surface area (Å²) in [6, 6.07) is 5.13. The van der Waals surface area contributed by atoms with Crippen molar-refractivity contribution in [1.82, 2.24) is 15.0 Å². The molecule has 0 amide bonds. The average Bonchev–Trinajstić information content (AvgIpc) is 2.52. The van der Waals surface area contributed by atoms with E-state index in [-0.39, 0.29) is 13.2 Å². The molecule has 0 saturated carbocycles. The number of aliphatic hydroxyl groups is 2. The summed E-state index contributed by atoms with van der Waals surface area (Å²) in [5, 5.41) is 24.2. The number of methoxy groups -OCH3 is 1. The minimum atomic E-state index is -0.520. The summed E-state index contributed by atoms with van der Waals surface area (Å²) in [4.78, 5) is 12.6. The second-order valence-electron chi connectivity index (χ2n) is 5.05. The van der Waals surface area contributed by atoms with Crippen LogP contribution in [-0.2, 0) is 0 Å². The van der Waals surface area contributed by atoms with Gasteiger partial charge in [-0.15, -0.1) is 0 Å². The molecule has 0 aliphatic carbocycles. The molecule has 0 atom stereocenters. The van der Waals surface area contributed by atoms with Gasteiger partial charge in [0.05, 0.1) is 26.4 Å². The largest absolute Gasteiger partial charge is 0.496 e. The fourth-order valence-electron chi connectivity index (χ4n) is 2.02. The van der Waals surface area contributed by atoms with Crippen LogP contribution in [0.25, 0.3) is 0 Å². The van der Waals surface area contributed by atoms with Crippen LogP contribution in [0.3, 0.4) is 0 Å². The number of benzene rings is 1. The predicted molar refractivity (Wildman–Crippen MR) is 87.2 cm³/mol. The molecule has 2 rings (SSSR count). The smallest absolute Gasteiger partial charge is 0.232 e. The first-order chi connectivity index (χ1) is 11.0. The molecule has 0 aliphatic heterocycles. The third-order valence-electron chi connectivity index (χ3n) is 3.17. The van der Waals surface area contributed by atoms with E-state index in [1.54, 1.807) is 14.0 Å². The van der Waals surface area contributed by atoms with Crippen molar-refractivity contribution in [3.63, 3.8) is 0 Å². The van der Waals surface area contributed by atoms with Gasteiger partial charge in [-0.05, 0) is 37.6 Å². The third kappa shape index (κ3) is 4.51. The molecule has 1 aromatic heterocycles. The second-order valence-corrected chi connectivity index (χ2v) is 5.05. The van der Waals surface area contributed by atoms with Crippen molar-refractivity contribution < 1.29 is 14.9 Å². The molecule has 0 fully saturated rings. The molecule has 124 valence electrons. The molecule has 0 spiro atoms. The zero-order chi connectivity index (χ0) is 16.8. The van der Waals surface area contributed by atoms with Gasteiger partial charge in [-0.25, -0.2) is 0 Å². The highest BCUT2D eigenvalue weighted by atomic mass is 16.5. The van der Waals surface area contributed by atoms with Crippen molar-refractivity contribution in [2.75, 3.05) is 31.0 Å². The Morgan fingerprint density at radius 3 is 2.39 bits per heavy atom. The highest BCUT2D eigenvalue weighted by molar-refractivity contribution is 5.57. The molecule has 8 nitrogen and oxygen atoms in total. The van der Waals surface area contributed by atoms with Crippen LogP contribution in [0.2, 0.25) is 0 Å². The number of hydrogen-bond donors (Lipinski definition) is 4. The van der Waals surface area contributed by atoms with Crippen LogP contribution in [0.5, 0.6) is 5.75 Å². The van der Waals surface area contributed by atoms with Gasteiger partial charge in [-0.1, -0.05) is 0 Å². The molecule has 1 aromatic carbocycles. The van der Waals surface area contributed by atoms with Gasteiger partial charge in [-0.3, -0.25) is 0 Å². The van der Waals surface area contributed by atoms with Crippen LogP contribution in [0, 0.1) is 13.8 Å². The van der Waals surface area contributed by atoms with Crippen molar-refractivity contribution in [2.24, 2.45) is 0 Å². The molecule has 23 heavy (non-hydrogen) atoms. The zero-order valence-corrected chi connectivity index (χ0v) is 13.4. The van der Waals surface area contributed by atoms with E-state index in [0.717, 1.165) is 17.0 Å². The van der Waals surface area contributed by atoms with Crippen molar-refractivity contribution in [1.29, 1.82) is 0 Å². The molecule has 1 heterocycles. The summed E-state index contributed by atoms with van der Waals surface area (Å²) in [6.45, 7) is 3.25. The number of ether oxygens (including phenoxy) is 1. The predicted octanol–water partition coefficient (Wildman–Crippen LogP) is 1.01. The molecular weight excluding hydrogens is 298 g/mol. The molecule has 2 aromatic rings. The first-order valence-corrected chi connectivity index (χ1v) is 7.18. The lowest BCUT2D eigenvalue weighted by Crippen LogP contribution is -2.29. The van der Waals surface area contributed by atoms with Crippen molar-refractivity contribution in [3.05, 3.63) is 29.6 Å². The number of hydrogen-bond acceptors (Lipinski definition) is 8. The zero-order valence-electron chi connectivity index (χ0n) is 13.4. The summed E-state index contributed by atoms with van der Waals surface area (Å²) in [7, 11) is 1.63. The minimum Gasteiger partial charge on any atom is -0.496 e. The van der Waals surface area contributed by atoms with Gasteiger partial charge in [0.15, 0.2) is 0 Å². The molecule has 0 radical (unpaired) electrons. The number of aliphatic hydroxyl groups excluding tert-OH is 2. The van der Waals surface area contributed by atoms with E-state index in [4.69, 9.17) is 14.9 Å². The van der Waals surface area contributed by atoms with E-state index in [0.29, 0.717) is 17.7 Å². The summed E-state index contributed by atoms with van der Waals surface area (Å²) in [5.41, 5.74) is 1.81. The molecule has 0 aliphatic rings. The Labute approximate surface area is 134 Å². The Morgan fingerprint density at radius 1 is 1.09 bits per heavy atom. The lowest BCUT2D eigenvalue weighted by atomic mass is 10.2.